The van der Waals surface area contributed by atoms with Crippen LogP contribution >= 0.6 is 0 Å². The van der Waals surface area contributed by atoms with Crippen molar-refractivity contribution in [2.45, 2.75) is 32.1 Å². The second kappa shape index (κ2) is 5.21. The highest BCUT2D eigenvalue weighted by Gasteiger charge is 2.32. The number of likely N-dealkylation sites (tertiary alicyclic amines) is 1. The molecule has 0 bridgehead atoms. The molecule has 0 radical (unpaired) electrons. The third-order valence-corrected chi connectivity index (χ3v) is 4.76. The van der Waals surface area contributed by atoms with E-state index in [4.69, 9.17) is 0 Å². The van der Waals surface area contributed by atoms with E-state index in [0.29, 0.717) is 11.3 Å². The highest BCUT2D eigenvalue weighted by atomic mass is 15.3. The molecular weight excluding hydrogens is 238 g/mol. The molecule has 0 saturated carbocycles. The van der Waals surface area contributed by atoms with E-state index >= 15 is 0 Å². The van der Waals surface area contributed by atoms with E-state index in [0.717, 1.165) is 5.82 Å². The van der Waals surface area contributed by atoms with Crippen molar-refractivity contribution in [3.05, 3.63) is 12.2 Å². The first-order valence-electron chi connectivity index (χ1n) is 7.43. The predicted octanol–water partition coefficient (Wildman–Crippen LogP) is 0.994. The van der Waals surface area contributed by atoms with Crippen LogP contribution in [0.5, 0.6) is 0 Å². The number of hydrogen-bond acceptors (Lipinski definition) is 4. The molecule has 1 aromatic rings. The Labute approximate surface area is 115 Å². The van der Waals surface area contributed by atoms with Crippen LogP contribution in [0, 0.1) is 5.41 Å². The molecule has 5 nitrogen and oxygen atoms in total. The molecule has 1 aromatic heterocycles. The number of nitrogens with zero attached hydrogens (tertiary/aromatic N) is 4. The van der Waals surface area contributed by atoms with Crippen molar-refractivity contribution in [2.75, 3.05) is 32.7 Å². The van der Waals surface area contributed by atoms with Gasteiger partial charge in [-0.15, -0.1) is 10.2 Å². The van der Waals surface area contributed by atoms with Crippen LogP contribution in [0.2, 0.25) is 0 Å². The first-order chi connectivity index (χ1) is 9.16. The fourth-order valence-electron chi connectivity index (χ4n) is 3.55. The summed E-state index contributed by atoms with van der Waals surface area (Å²) in [4.78, 5) is 2.64. The third-order valence-electron chi connectivity index (χ3n) is 4.76. The molecule has 3 heterocycles. The van der Waals surface area contributed by atoms with Crippen LogP contribution in [0.3, 0.4) is 0 Å². The maximum Gasteiger partial charge on any atom is 0.135 e. The molecule has 1 N–H and O–H groups in total. The number of hydrogen-bond donors (Lipinski definition) is 1. The zero-order chi connectivity index (χ0) is 13.3. The molecule has 5 heteroatoms. The molecule has 1 atom stereocenters. The zero-order valence-electron chi connectivity index (χ0n) is 12.1. The van der Waals surface area contributed by atoms with Gasteiger partial charge in [-0.2, -0.15) is 0 Å². The quantitative estimate of drug-likeness (QED) is 0.883. The number of rotatable bonds is 3. The van der Waals surface area contributed by atoms with Gasteiger partial charge >= 0.3 is 0 Å². The van der Waals surface area contributed by atoms with Crippen molar-refractivity contribution in [1.29, 1.82) is 0 Å². The monoisotopic (exact) mass is 263 g/mol. The fourth-order valence-corrected chi connectivity index (χ4v) is 3.55. The first-order valence-corrected chi connectivity index (χ1v) is 7.43. The summed E-state index contributed by atoms with van der Waals surface area (Å²) in [5.74, 6) is 1.76. The zero-order valence-corrected chi connectivity index (χ0v) is 12.1. The van der Waals surface area contributed by atoms with Gasteiger partial charge in [0.25, 0.3) is 0 Å². The van der Waals surface area contributed by atoms with Crippen LogP contribution in [-0.2, 0) is 7.05 Å². The minimum absolute atomic E-state index is 0.484. The lowest BCUT2D eigenvalue weighted by Gasteiger charge is -2.36. The minimum atomic E-state index is 0.484. The molecule has 1 unspecified atom stereocenters. The highest BCUT2D eigenvalue weighted by molar-refractivity contribution is 4.99. The predicted molar refractivity (Wildman–Crippen MR) is 75.0 cm³/mol. The van der Waals surface area contributed by atoms with E-state index < -0.39 is 0 Å². The largest absolute Gasteiger partial charge is 0.320 e. The fraction of sp³-hybridized carbons (Fsp3) is 0.857. The molecule has 19 heavy (non-hydrogen) atoms. The van der Waals surface area contributed by atoms with E-state index in [1.807, 2.05) is 13.4 Å². The number of aryl methyl sites for hydroxylation is 1. The van der Waals surface area contributed by atoms with Crippen molar-refractivity contribution < 1.29 is 0 Å². The number of nitrogens with one attached hydrogen (secondary N) is 1. The van der Waals surface area contributed by atoms with Gasteiger partial charge in [0.05, 0.1) is 0 Å². The topological polar surface area (TPSA) is 46.0 Å². The Morgan fingerprint density at radius 2 is 2.21 bits per heavy atom. The SMILES string of the molecule is Cn1cnnc1C1CCN(CC2(C)CCNC2)CC1. The number of aromatic nitrogens is 3. The van der Waals surface area contributed by atoms with Gasteiger partial charge in [-0.1, -0.05) is 6.92 Å². The molecule has 2 saturated heterocycles. The normalized spacial score (nSPS) is 30.0. The smallest absolute Gasteiger partial charge is 0.135 e. The first kappa shape index (κ1) is 13.1. The molecule has 3 rings (SSSR count). The Balaban J connectivity index is 1.53. The standard InChI is InChI=1S/C14H25N5/c1-14(5-6-15-9-14)10-19-7-3-12(4-8-19)13-17-16-11-18(13)2/h11-12,15H,3-10H2,1-2H3. The summed E-state index contributed by atoms with van der Waals surface area (Å²) >= 11 is 0. The Kier molecular flexibility index (Phi) is 3.58. The van der Waals surface area contributed by atoms with Crippen molar-refractivity contribution in [1.82, 2.24) is 25.0 Å². The van der Waals surface area contributed by atoms with Gasteiger partial charge in [0.15, 0.2) is 0 Å². The minimum Gasteiger partial charge on any atom is -0.320 e. The van der Waals surface area contributed by atoms with E-state index in [1.54, 1.807) is 0 Å². The maximum atomic E-state index is 4.27. The molecule has 2 fully saturated rings. The molecule has 2 aliphatic rings. The lowest BCUT2D eigenvalue weighted by Crippen LogP contribution is -2.41. The second-order valence-electron chi connectivity index (χ2n) is 6.59. The summed E-state index contributed by atoms with van der Waals surface area (Å²) in [7, 11) is 2.05. The van der Waals surface area contributed by atoms with Crippen LogP contribution in [0.25, 0.3) is 0 Å². The van der Waals surface area contributed by atoms with Crippen LogP contribution in [-0.4, -0.2) is 52.4 Å². The number of piperidine rings is 1. The van der Waals surface area contributed by atoms with Crippen molar-refractivity contribution >= 4 is 0 Å². The molecule has 0 aliphatic carbocycles. The molecule has 0 amide bonds. The van der Waals surface area contributed by atoms with Gasteiger partial charge in [0, 0.05) is 26.1 Å². The summed E-state index contributed by atoms with van der Waals surface area (Å²) in [6, 6.07) is 0. The van der Waals surface area contributed by atoms with E-state index in [1.165, 1.54) is 52.0 Å². The lowest BCUT2D eigenvalue weighted by atomic mass is 9.87. The third kappa shape index (κ3) is 2.82. The van der Waals surface area contributed by atoms with Crippen LogP contribution in [0.1, 0.15) is 37.9 Å². The van der Waals surface area contributed by atoms with Gasteiger partial charge in [0.1, 0.15) is 12.2 Å². The molecule has 0 spiro atoms. The molecule has 2 aliphatic heterocycles. The van der Waals surface area contributed by atoms with Crippen molar-refractivity contribution in [3.8, 4) is 0 Å². The Hall–Kier alpha value is -0.940. The molecular formula is C14H25N5. The van der Waals surface area contributed by atoms with E-state index in [2.05, 4.69) is 31.9 Å². The average Bonchev–Trinajstić information content (AvgIpc) is 3.00. The second-order valence-corrected chi connectivity index (χ2v) is 6.59. The van der Waals surface area contributed by atoms with Crippen molar-refractivity contribution in [2.24, 2.45) is 12.5 Å². The van der Waals surface area contributed by atoms with Gasteiger partial charge < -0.3 is 14.8 Å². The van der Waals surface area contributed by atoms with Crippen LogP contribution < -0.4 is 5.32 Å². The summed E-state index contributed by atoms with van der Waals surface area (Å²) in [6.07, 6.45) is 5.56. The Morgan fingerprint density at radius 3 is 2.79 bits per heavy atom. The summed E-state index contributed by atoms with van der Waals surface area (Å²) in [5, 5.41) is 11.8. The van der Waals surface area contributed by atoms with Crippen LogP contribution in [0.4, 0.5) is 0 Å². The molecule has 0 aromatic carbocycles. The van der Waals surface area contributed by atoms with E-state index in [9.17, 15) is 0 Å². The lowest BCUT2D eigenvalue weighted by molar-refractivity contribution is 0.142. The average molecular weight is 263 g/mol. The summed E-state index contributed by atoms with van der Waals surface area (Å²) < 4.78 is 2.07. The van der Waals surface area contributed by atoms with Crippen molar-refractivity contribution in [3.63, 3.8) is 0 Å². The van der Waals surface area contributed by atoms with Crippen LogP contribution in [0.15, 0.2) is 6.33 Å². The highest BCUT2D eigenvalue weighted by Crippen LogP contribution is 2.30. The Morgan fingerprint density at radius 1 is 1.42 bits per heavy atom. The van der Waals surface area contributed by atoms with Gasteiger partial charge in [-0.25, -0.2) is 0 Å². The maximum absolute atomic E-state index is 4.27. The van der Waals surface area contributed by atoms with Gasteiger partial charge in [-0.3, -0.25) is 0 Å². The summed E-state index contributed by atoms with van der Waals surface area (Å²) in [5.41, 5.74) is 0.484. The Bertz CT molecular complexity index is 413. The summed E-state index contributed by atoms with van der Waals surface area (Å²) in [6.45, 7) is 8.43. The van der Waals surface area contributed by atoms with E-state index in [-0.39, 0.29) is 0 Å². The van der Waals surface area contributed by atoms with Gasteiger partial charge in [0.2, 0.25) is 0 Å². The molecule has 106 valence electrons. The van der Waals surface area contributed by atoms with Gasteiger partial charge in [-0.05, 0) is 44.3 Å².